The first-order valence-electron chi connectivity index (χ1n) is 8.38. The second-order valence-corrected chi connectivity index (χ2v) is 8.10. The van der Waals surface area contributed by atoms with Crippen LogP contribution < -0.4 is 5.32 Å². The minimum Gasteiger partial charge on any atom is -0.314 e. The third-order valence-corrected chi connectivity index (χ3v) is 5.15. The van der Waals surface area contributed by atoms with E-state index in [-0.39, 0.29) is 17.8 Å². The van der Waals surface area contributed by atoms with Crippen molar-refractivity contribution in [1.29, 1.82) is 0 Å². The van der Waals surface area contributed by atoms with Gasteiger partial charge in [-0.05, 0) is 19.1 Å². The molecule has 2 amide bonds. The van der Waals surface area contributed by atoms with Crippen molar-refractivity contribution in [2.45, 2.75) is 56.5 Å². The SMILES string of the molecule is CC(C)Sc1cnn2c1CN(C(=O)Nc1ccnc(C(F)F)c1)[C@@H](C)C2. The molecule has 0 unspecified atom stereocenters. The van der Waals surface area contributed by atoms with Gasteiger partial charge in [0.05, 0.1) is 35.9 Å². The smallest absolute Gasteiger partial charge is 0.314 e. The molecule has 0 fully saturated rings. The van der Waals surface area contributed by atoms with Gasteiger partial charge in [-0.3, -0.25) is 9.67 Å². The van der Waals surface area contributed by atoms with Crippen molar-refractivity contribution in [2.75, 3.05) is 5.32 Å². The van der Waals surface area contributed by atoms with Crippen LogP contribution in [0, 0.1) is 0 Å². The number of anilines is 1. The lowest BCUT2D eigenvalue weighted by Gasteiger charge is -2.34. The molecule has 3 heterocycles. The molecule has 0 aliphatic carbocycles. The maximum atomic E-state index is 12.8. The van der Waals surface area contributed by atoms with Crippen molar-refractivity contribution in [3.8, 4) is 0 Å². The number of amides is 2. The second kappa shape index (κ2) is 7.61. The van der Waals surface area contributed by atoms with E-state index in [1.165, 1.54) is 18.3 Å². The second-order valence-electron chi connectivity index (χ2n) is 6.48. The molecule has 140 valence electrons. The summed E-state index contributed by atoms with van der Waals surface area (Å²) in [5.74, 6) is 0. The normalized spacial score (nSPS) is 16.9. The Hall–Kier alpha value is -2.16. The molecular formula is C17H21F2N5OS. The number of nitrogens with zero attached hydrogens (tertiary/aromatic N) is 4. The zero-order chi connectivity index (χ0) is 18.8. The van der Waals surface area contributed by atoms with Gasteiger partial charge in [0.25, 0.3) is 6.43 Å². The zero-order valence-corrected chi connectivity index (χ0v) is 15.6. The van der Waals surface area contributed by atoms with Gasteiger partial charge < -0.3 is 10.2 Å². The molecule has 2 aromatic rings. The highest BCUT2D eigenvalue weighted by molar-refractivity contribution is 8.00. The average Bonchev–Trinajstić information content (AvgIpc) is 2.95. The molecule has 1 aliphatic heterocycles. The molecule has 0 saturated heterocycles. The molecule has 0 aromatic carbocycles. The van der Waals surface area contributed by atoms with Crippen molar-refractivity contribution in [3.63, 3.8) is 0 Å². The lowest BCUT2D eigenvalue weighted by atomic mass is 10.2. The number of hydrogen-bond acceptors (Lipinski definition) is 4. The van der Waals surface area contributed by atoms with E-state index in [0.29, 0.717) is 24.0 Å². The molecule has 3 rings (SSSR count). The average molecular weight is 381 g/mol. The number of urea groups is 1. The molecule has 1 atom stereocenters. The summed E-state index contributed by atoms with van der Waals surface area (Å²) in [4.78, 5) is 19.1. The fourth-order valence-corrected chi connectivity index (χ4v) is 3.76. The highest BCUT2D eigenvalue weighted by Crippen LogP contribution is 2.30. The van der Waals surface area contributed by atoms with Crippen LogP contribution in [-0.4, -0.2) is 37.0 Å². The van der Waals surface area contributed by atoms with Gasteiger partial charge in [0.1, 0.15) is 5.69 Å². The van der Waals surface area contributed by atoms with Crippen molar-refractivity contribution < 1.29 is 13.6 Å². The summed E-state index contributed by atoms with van der Waals surface area (Å²) in [6.45, 7) is 7.18. The monoisotopic (exact) mass is 381 g/mol. The van der Waals surface area contributed by atoms with E-state index in [1.54, 1.807) is 16.7 Å². The number of thioether (sulfide) groups is 1. The lowest BCUT2D eigenvalue weighted by Crippen LogP contribution is -2.47. The van der Waals surface area contributed by atoms with E-state index in [0.717, 1.165) is 10.6 Å². The quantitative estimate of drug-likeness (QED) is 0.808. The molecule has 6 nitrogen and oxygen atoms in total. The number of nitrogens with one attached hydrogen (secondary N) is 1. The van der Waals surface area contributed by atoms with Gasteiger partial charge in [-0.15, -0.1) is 11.8 Å². The Morgan fingerprint density at radius 2 is 2.19 bits per heavy atom. The standard InChI is InChI=1S/C17H21F2N5OS/c1-10(2)26-15-7-21-24-8-11(3)23(9-14(15)24)17(25)22-12-4-5-20-13(6-12)16(18)19/h4-7,10-11,16H,8-9H2,1-3H3,(H,20,22,25)/t11-/m0/s1. The third kappa shape index (κ3) is 3.98. The van der Waals surface area contributed by atoms with Crippen LogP contribution in [-0.2, 0) is 13.1 Å². The molecule has 9 heteroatoms. The number of alkyl halides is 2. The predicted molar refractivity (Wildman–Crippen MR) is 96.4 cm³/mol. The van der Waals surface area contributed by atoms with Crippen LogP contribution in [0.1, 0.15) is 38.6 Å². The van der Waals surface area contributed by atoms with E-state index in [9.17, 15) is 13.6 Å². The minimum atomic E-state index is -2.68. The fraction of sp³-hybridized carbons (Fsp3) is 0.471. The maximum Gasteiger partial charge on any atom is 0.322 e. The van der Waals surface area contributed by atoms with Crippen LogP contribution >= 0.6 is 11.8 Å². The highest BCUT2D eigenvalue weighted by atomic mass is 32.2. The summed E-state index contributed by atoms with van der Waals surface area (Å²) in [5.41, 5.74) is 0.950. The Bertz CT molecular complexity index is 795. The molecule has 2 aromatic heterocycles. The number of aromatic nitrogens is 3. The molecule has 0 radical (unpaired) electrons. The van der Waals surface area contributed by atoms with Crippen LogP contribution in [0.15, 0.2) is 29.4 Å². The van der Waals surface area contributed by atoms with Gasteiger partial charge in [0.2, 0.25) is 0 Å². The summed E-state index contributed by atoms with van der Waals surface area (Å²) in [6.07, 6.45) is 0.431. The molecule has 0 saturated carbocycles. The predicted octanol–water partition coefficient (Wildman–Crippen LogP) is 4.15. The van der Waals surface area contributed by atoms with Crippen LogP contribution in [0.4, 0.5) is 19.3 Å². The number of halogens is 2. The van der Waals surface area contributed by atoms with Crippen LogP contribution in [0.5, 0.6) is 0 Å². The number of carbonyl (C=O) groups is 1. The van der Waals surface area contributed by atoms with Gasteiger partial charge in [-0.25, -0.2) is 13.6 Å². The summed E-state index contributed by atoms with van der Waals surface area (Å²) in [7, 11) is 0. The third-order valence-electron chi connectivity index (χ3n) is 4.08. The molecule has 1 N–H and O–H groups in total. The minimum absolute atomic E-state index is 0.0595. The van der Waals surface area contributed by atoms with Crippen molar-refractivity contribution in [2.24, 2.45) is 0 Å². The van der Waals surface area contributed by atoms with Crippen molar-refractivity contribution >= 4 is 23.5 Å². The van der Waals surface area contributed by atoms with Gasteiger partial charge in [0.15, 0.2) is 0 Å². The summed E-state index contributed by atoms with van der Waals surface area (Å²) in [6, 6.07) is 2.32. The molecule has 1 aliphatic rings. The number of fused-ring (bicyclic) bond motifs is 1. The lowest BCUT2D eigenvalue weighted by molar-refractivity contribution is 0.146. The summed E-state index contributed by atoms with van der Waals surface area (Å²) >= 11 is 1.71. The Morgan fingerprint density at radius 1 is 1.42 bits per heavy atom. The van der Waals surface area contributed by atoms with E-state index >= 15 is 0 Å². The Labute approximate surface area is 155 Å². The van der Waals surface area contributed by atoms with Gasteiger partial charge in [-0.1, -0.05) is 13.8 Å². The van der Waals surface area contributed by atoms with Crippen molar-refractivity contribution in [1.82, 2.24) is 19.7 Å². The zero-order valence-electron chi connectivity index (χ0n) is 14.8. The topological polar surface area (TPSA) is 63.1 Å². The fourth-order valence-electron chi connectivity index (χ4n) is 2.84. The van der Waals surface area contributed by atoms with E-state index in [1.807, 2.05) is 17.8 Å². The van der Waals surface area contributed by atoms with Gasteiger partial charge in [0, 0.05) is 17.1 Å². The highest BCUT2D eigenvalue weighted by Gasteiger charge is 2.29. The Kier molecular flexibility index (Phi) is 5.45. The Balaban J connectivity index is 1.76. The number of hydrogen-bond donors (Lipinski definition) is 1. The van der Waals surface area contributed by atoms with Crippen LogP contribution in [0.2, 0.25) is 0 Å². The number of carbonyl (C=O) groups excluding carboxylic acids is 1. The number of pyridine rings is 1. The number of rotatable bonds is 4. The first kappa shape index (κ1) is 18.6. The first-order valence-corrected chi connectivity index (χ1v) is 9.26. The molecule has 0 spiro atoms. The van der Waals surface area contributed by atoms with Gasteiger partial charge >= 0.3 is 6.03 Å². The maximum absolute atomic E-state index is 12.8. The molecule has 0 bridgehead atoms. The van der Waals surface area contributed by atoms with Crippen LogP contribution in [0.3, 0.4) is 0 Å². The summed E-state index contributed by atoms with van der Waals surface area (Å²) in [5, 5.41) is 7.52. The van der Waals surface area contributed by atoms with Crippen molar-refractivity contribution in [3.05, 3.63) is 35.9 Å². The van der Waals surface area contributed by atoms with E-state index < -0.39 is 6.43 Å². The van der Waals surface area contributed by atoms with Crippen LogP contribution in [0.25, 0.3) is 0 Å². The largest absolute Gasteiger partial charge is 0.322 e. The van der Waals surface area contributed by atoms with E-state index in [2.05, 4.69) is 29.2 Å². The summed E-state index contributed by atoms with van der Waals surface area (Å²) < 4.78 is 27.5. The first-order chi connectivity index (χ1) is 12.3. The van der Waals surface area contributed by atoms with E-state index in [4.69, 9.17) is 0 Å². The van der Waals surface area contributed by atoms with Gasteiger partial charge in [-0.2, -0.15) is 5.10 Å². The molecule has 26 heavy (non-hydrogen) atoms. The Morgan fingerprint density at radius 3 is 2.88 bits per heavy atom. The molecular weight excluding hydrogens is 360 g/mol.